The Hall–Kier alpha value is -4.68. The zero-order chi connectivity index (χ0) is 29.9. The second-order valence-corrected chi connectivity index (χ2v) is 14.6. The van der Waals surface area contributed by atoms with Crippen LogP contribution < -0.4 is 4.90 Å². The number of anilines is 3. The Bertz CT molecular complexity index is 2530. The van der Waals surface area contributed by atoms with Gasteiger partial charge in [-0.05, 0) is 83.4 Å². The van der Waals surface area contributed by atoms with Gasteiger partial charge < -0.3 is 4.90 Å². The Balaban J connectivity index is 1.24. The second kappa shape index (κ2) is 10.7. The fourth-order valence-electron chi connectivity index (χ4n) is 6.32. The molecule has 9 rings (SSSR count). The Morgan fingerprint density at radius 2 is 1.36 bits per heavy atom. The number of nitrogens with zero attached hydrogens (tertiary/aromatic N) is 2. The van der Waals surface area contributed by atoms with Crippen molar-refractivity contribution in [1.82, 2.24) is 4.98 Å². The van der Waals surface area contributed by atoms with Crippen LogP contribution in [0.15, 0.2) is 150 Å². The molecule has 0 radical (unpaired) electrons. The molecule has 2 nitrogen and oxygen atoms in total. The van der Waals surface area contributed by atoms with Crippen molar-refractivity contribution in [1.29, 1.82) is 0 Å². The monoisotopic (exact) mass is 630 g/mol. The van der Waals surface area contributed by atoms with Crippen LogP contribution in [0.4, 0.5) is 17.1 Å². The number of fused-ring (bicyclic) bond motifs is 8. The third-order valence-corrected chi connectivity index (χ3v) is 11.7. The molecule has 0 saturated heterocycles. The summed E-state index contributed by atoms with van der Waals surface area (Å²) in [5.74, 6) is 0. The van der Waals surface area contributed by atoms with Crippen LogP contribution in [0.1, 0.15) is 5.56 Å². The molecule has 0 aliphatic carbocycles. The van der Waals surface area contributed by atoms with Crippen molar-refractivity contribution in [3.63, 3.8) is 0 Å². The summed E-state index contributed by atoms with van der Waals surface area (Å²) in [6.07, 6.45) is 11.4. The average molecular weight is 631 g/mol. The smallest absolute Gasteiger partial charge is 0.0890 e. The van der Waals surface area contributed by atoms with Gasteiger partial charge in [-0.3, -0.25) is 4.98 Å². The Labute approximate surface area is 273 Å². The molecule has 214 valence electrons. The van der Waals surface area contributed by atoms with E-state index in [4.69, 9.17) is 4.98 Å². The van der Waals surface area contributed by atoms with Crippen molar-refractivity contribution in [3.05, 3.63) is 151 Å². The number of aromatic nitrogens is 1. The summed E-state index contributed by atoms with van der Waals surface area (Å²) in [5, 5.41) is 6.33. The summed E-state index contributed by atoms with van der Waals surface area (Å²) < 4.78 is 5.05. The van der Waals surface area contributed by atoms with Gasteiger partial charge in [-0.2, -0.15) is 0 Å². The van der Waals surface area contributed by atoms with Crippen LogP contribution >= 0.6 is 34.4 Å². The maximum Gasteiger partial charge on any atom is 0.0890 e. The average Bonchev–Trinajstić information content (AvgIpc) is 3.63. The maximum absolute atomic E-state index is 5.12. The number of thiophene rings is 2. The van der Waals surface area contributed by atoms with Crippen molar-refractivity contribution < 1.29 is 0 Å². The van der Waals surface area contributed by atoms with Crippen LogP contribution in [0.3, 0.4) is 0 Å². The Morgan fingerprint density at radius 3 is 2.29 bits per heavy atom. The lowest BCUT2D eigenvalue weighted by Crippen LogP contribution is -2.10. The van der Waals surface area contributed by atoms with Gasteiger partial charge in [0.15, 0.2) is 0 Å². The van der Waals surface area contributed by atoms with Crippen LogP contribution in [0.2, 0.25) is 0 Å². The van der Waals surface area contributed by atoms with Crippen LogP contribution in [0, 0.1) is 0 Å². The zero-order valence-electron chi connectivity index (χ0n) is 24.2. The highest BCUT2D eigenvalue weighted by atomic mass is 32.2. The number of rotatable bonds is 3. The van der Waals surface area contributed by atoms with Crippen molar-refractivity contribution in [2.45, 2.75) is 11.3 Å². The van der Waals surface area contributed by atoms with Crippen LogP contribution in [-0.2, 0) is 6.42 Å². The molecular weight excluding hydrogens is 605 g/mol. The van der Waals surface area contributed by atoms with Crippen molar-refractivity contribution in [2.24, 2.45) is 0 Å². The topological polar surface area (TPSA) is 16.1 Å². The first-order chi connectivity index (χ1) is 22.2. The van der Waals surface area contributed by atoms with Gasteiger partial charge in [0, 0.05) is 51.4 Å². The van der Waals surface area contributed by atoms with Gasteiger partial charge in [0.05, 0.1) is 22.1 Å². The van der Waals surface area contributed by atoms with Crippen molar-refractivity contribution >= 4 is 103 Å². The lowest BCUT2D eigenvalue weighted by molar-refractivity contribution is 1.16. The molecule has 5 aromatic carbocycles. The van der Waals surface area contributed by atoms with E-state index in [1.165, 1.54) is 56.2 Å². The molecule has 1 aliphatic rings. The second-order valence-electron chi connectivity index (χ2n) is 11.3. The minimum Gasteiger partial charge on any atom is -0.309 e. The molecule has 0 saturated carbocycles. The first-order valence-corrected chi connectivity index (χ1v) is 17.4. The van der Waals surface area contributed by atoms with Crippen LogP contribution in [0.25, 0.3) is 51.2 Å². The summed E-state index contributed by atoms with van der Waals surface area (Å²) in [6.45, 7) is 4.25. The fraction of sp³-hybridized carbons (Fsp3) is 0.0250. The predicted molar refractivity (Wildman–Crippen MR) is 199 cm³/mol. The third kappa shape index (κ3) is 4.67. The maximum atomic E-state index is 5.12. The van der Waals surface area contributed by atoms with Crippen molar-refractivity contribution in [3.8, 4) is 0 Å². The van der Waals surface area contributed by atoms with E-state index in [9.17, 15) is 0 Å². The number of hydrogen-bond donors (Lipinski definition) is 0. The number of benzene rings is 5. The third-order valence-electron chi connectivity index (χ3n) is 8.45. The molecular formula is C40H26N2S3. The molecule has 0 fully saturated rings. The summed E-state index contributed by atoms with van der Waals surface area (Å²) in [4.78, 5) is 9.76. The molecule has 0 bridgehead atoms. The first kappa shape index (κ1) is 26.7. The molecule has 1 aliphatic heterocycles. The van der Waals surface area contributed by atoms with E-state index in [-0.39, 0.29) is 0 Å². The summed E-state index contributed by atoms with van der Waals surface area (Å²) in [7, 11) is 0. The lowest BCUT2D eigenvalue weighted by Gasteiger charge is -2.26. The molecule has 5 heteroatoms. The van der Waals surface area contributed by atoms with Gasteiger partial charge in [-0.1, -0.05) is 85.1 Å². The number of hydrogen-bond acceptors (Lipinski definition) is 5. The van der Waals surface area contributed by atoms with Gasteiger partial charge in [-0.15, -0.1) is 22.7 Å². The highest BCUT2D eigenvalue weighted by molar-refractivity contribution is 8.03. The summed E-state index contributed by atoms with van der Waals surface area (Å²) >= 11 is 5.40. The summed E-state index contributed by atoms with van der Waals surface area (Å²) in [6, 6.07) is 37.8. The van der Waals surface area contributed by atoms with Crippen LogP contribution in [0.5, 0.6) is 0 Å². The minimum atomic E-state index is 0.859. The molecule has 0 N–H and O–H groups in total. The van der Waals surface area contributed by atoms with Crippen molar-refractivity contribution in [2.75, 3.05) is 4.90 Å². The zero-order valence-corrected chi connectivity index (χ0v) is 26.7. The first-order valence-electron chi connectivity index (χ1n) is 14.9. The molecule has 3 aromatic heterocycles. The van der Waals surface area contributed by atoms with Gasteiger partial charge in [0.2, 0.25) is 0 Å². The predicted octanol–water partition coefficient (Wildman–Crippen LogP) is 12.7. The summed E-state index contributed by atoms with van der Waals surface area (Å²) in [5.41, 5.74) is 5.64. The van der Waals surface area contributed by atoms with Gasteiger partial charge >= 0.3 is 0 Å². The van der Waals surface area contributed by atoms with E-state index in [1.54, 1.807) is 11.8 Å². The molecule has 0 atom stereocenters. The molecule has 8 aromatic rings. The molecule has 0 amide bonds. The fourth-order valence-corrected chi connectivity index (χ4v) is 9.43. The standard InChI is InChI=1S/C40H26N2S3/c1-25-9-3-2-4-12-28-19-29(16-18-35(28)43-25)42(30-15-17-33-32-13-7-8-14-36(32)44-38(33)22-30)31-23-39-40(41-24-31)34-20-26-10-5-6-11-27(26)21-37(34)45-39/h2-11,13-24H,1,12H2/b4-2-,9-3-. The minimum absolute atomic E-state index is 0.859. The number of pyridine rings is 1. The highest BCUT2D eigenvalue weighted by Gasteiger charge is 2.19. The largest absolute Gasteiger partial charge is 0.309 e. The van der Waals surface area contributed by atoms with E-state index >= 15 is 0 Å². The molecule has 4 heterocycles. The lowest BCUT2D eigenvalue weighted by atomic mass is 10.1. The number of allylic oxidation sites excluding steroid dienone is 4. The van der Waals surface area contributed by atoms with E-state index in [2.05, 4.69) is 139 Å². The van der Waals surface area contributed by atoms with E-state index < -0.39 is 0 Å². The molecule has 0 unspecified atom stereocenters. The van der Waals surface area contributed by atoms with Gasteiger partial charge in [-0.25, -0.2) is 0 Å². The normalized spacial score (nSPS) is 14.9. The van der Waals surface area contributed by atoms with E-state index in [0.717, 1.165) is 33.9 Å². The van der Waals surface area contributed by atoms with Gasteiger partial charge in [0.1, 0.15) is 0 Å². The SMILES string of the molecule is C=C1/C=C\C=C/Cc2cc(N(c3ccc4c(c3)sc3ccccc34)c3cnc4c(c3)sc3cc5ccccc5cc34)ccc2S1. The van der Waals surface area contributed by atoms with E-state index in [0.29, 0.717) is 0 Å². The highest BCUT2D eigenvalue weighted by Crippen LogP contribution is 2.44. The number of thioether (sulfide) groups is 1. The van der Waals surface area contributed by atoms with E-state index in [1.807, 2.05) is 28.9 Å². The Morgan fingerprint density at radius 1 is 0.622 bits per heavy atom. The Kier molecular flexibility index (Phi) is 6.37. The molecule has 0 spiro atoms. The van der Waals surface area contributed by atoms with Crippen LogP contribution in [-0.4, -0.2) is 4.98 Å². The quantitative estimate of drug-likeness (QED) is 0.193. The molecule has 45 heavy (non-hydrogen) atoms. The van der Waals surface area contributed by atoms with Gasteiger partial charge in [0.25, 0.3) is 0 Å².